The van der Waals surface area contributed by atoms with E-state index in [0.29, 0.717) is 11.4 Å². The molecule has 0 fully saturated rings. The zero-order valence-electron chi connectivity index (χ0n) is 15.2. The molecule has 1 N–H and O–H groups in total. The number of nitrogens with one attached hydrogen (secondary N) is 1. The Bertz CT molecular complexity index is 823. The summed E-state index contributed by atoms with van der Waals surface area (Å²) in [6.07, 6.45) is 0.0190. The minimum Gasteiger partial charge on any atom is -0.466 e. The van der Waals surface area contributed by atoms with E-state index in [9.17, 15) is 19.7 Å². The fraction of sp³-hybridized carbons (Fsp3) is 0.263. The predicted octanol–water partition coefficient (Wildman–Crippen LogP) is 3.24. The normalized spacial score (nSPS) is 10.1. The maximum Gasteiger partial charge on any atom is 0.307 e. The lowest BCUT2D eigenvalue weighted by Crippen LogP contribution is -2.33. The molecule has 8 heteroatoms. The van der Waals surface area contributed by atoms with Gasteiger partial charge in [-0.1, -0.05) is 18.2 Å². The molecule has 2 rings (SSSR count). The molecule has 142 valence electrons. The van der Waals surface area contributed by atoms with Crippen LogP contribution in [0.5, 0.6) is 0 Å². The van der Waals surface area contributed by atoms with Gasteiger partial charge in [0, 0.05) is 30.9 Å². The molecule has 0 saturated heterocycles. The quantitative estimate of drug-likeness (QED) is 0.434. The average molecular weight is 371 g/mol. The number of carbonyl (C=O) groups excluding carboxylic acids is 2. The van der Waals surface area contributed by atoms with Crippen molar-refractivity contribution in [1.82, 2.24) is 0 Å². The first-order valence-electron chi connectivity index (χ1n) is 8.46. The Hall–Kier alpha value is -3.42. The van der Waals surface area contributed by atoms with Crippen LogP contribution in [0.2, 0.25) is 0 Å². The summed E-state index contributed by atoms with van der Waals surface area (Å²) in [5.41, 5.74) is 0.872. The number of para-hydroxylation sites is 1. The fourth-order valence-corrected chi connectivity index (χ4v) is 2.58. The van der Waals surface area contributed by atoms with E-state index in [0.717, 1.165) is 0 Å². The number of amides is 1. The minimum absolute atomic E-state index is 0.0190. The van der Waals surface area contributed by atoms with Gasteiger partial charge in [0.15, 0.2) is 0 Å². The molecular formula is C19H21N3O5. The highest BCUT2D eigenvalue weighted by molar-refractivity contribution is 6.07. The van der Waals surface area contributed by atoms with Crippen molar-refractivity contribution >= 4 is 28.9 Å². The van der Waals surface area contributed by atoms with Crippen LogP contribution in [0.1, 0.15) is 23.7 Å². The number of esters is 1. The lowest BCUT2D eigenvalue weighted by Gasteiger charge is -2.22. The number of hydrogen-bond acceptors (Lipinski definition) is 6. The highest BCUT2D eigenvalue weighted by Crippen LogP contribution is 2.27. The standard InChI is InChI=1S/C19H21N3O5/c1-3-27-18(23)11-12-21(15-7-5-4-6-8-15)19(24)14-9-10-16(20-2)17(13-14)22(25)26/h4-10,13,20H,3,11-12H2,1-2H3. The maximum absolute atomic E-state index is 13.0. The van der Waals surface area contributed by atoms with Crippen molar-refractivity contribution in [2.24, 2.45) is 0 Å². The number of nitro groups is 1. The lowest BCUT2D eigenvalue weighted by molar-refractivity contribution is -0.384. The van der Waals surface area contributed by atoms with E-state index in [1.54, 1.807) is 38.2 Å². The number of benzene rings is 2. The van der Waals surface area contributed by atoms with Gasteiger partial charge in [-0.3, -0.25) is 19.7 Å². The second kappa shape index (κ2) is 9.33. The first-order valence-corrected chi connectivity index (χ1v) is 8.46. The average Bonchev–Trinajstić information content (AvgIpc) is 2.68. The van der Waals surface area contributed by atoms with E-state index in [1.807, 2.05) is 6.07 Å². The molecule has 0 atom stereocenters. The molecule has 0 aliphatic carbocycles. The molecule has 0 spiro atoms. The van der Waals surface area contributed by atoms with Crippen molar-refractivity contribution < 1.29 is 19.2 Å². The third kappa shape index (κ3) is 5.04. The van der Waals surface area contributed by atoms with Crippen molar-refractivity contribution in [1.29, 1.82) is 0 Å². The third-order valence-electron chi connectivity index (χ3n) is 3.87. The van der Waals surface area contributed by atoms with Crippen LogP contribution in [0.15, 0.2) is 48.5 Å². The lowest BCUT2D eigenvalue weighted by atomic mass is 10.1. The Balaban J connectivity index is 2.34. The summed E-state index contributed by atoms with van der Waals surface area (Å²) in [6.45, 7) is 2.07. The summed E-state index contributed by atoms with van der Waals surface area (Å²) in [5.74, 6) is -0.848. The van der Waals surface area contributed by atoms with Gasteiger partial charge in [0.1, 0.15) is 5.69 Å². The fourth-order valence-electron chi connectivity index (χ4n) is 2.58. The number of rotatable bonds is 8. The van der Waals surface area contributed by atoms with Crippen molar-refractivity contribution in [3.05, 3.63) is 64.2 Å². The van der Waals surface area contributed by atoms with Crippen molar-refractivity contribution in [3.8, 4) is 0 Å². The van der Waals surface area contributed by atoms with E-state index >= 15 is 0 Å². The van der Waals surface area contributed by atoms with E-state index in [-0.39, 0.29) is 30.8 Å². The number of hydrogen-bond donors (Lipinski definition) is 1. The Morgan fingerprint density at radius 2 is 1.89 bits per heavy atom. The second-order valence-electron chi connectivity index (χ2n) is 5.59. The van der Waals surface area contributed by atoms with Crippen LogP contribution in [0, 0.1) is 10.1 Å². The van der Waals surface area contributed by atoms with Crippen LogP contribution in [-0.2, 0) is 9.53 Å². The molecule has 8 nitrogen and oxygen atoms in total. The number of nitrogens with zero attached hydrogens (tertiary/aromatic N) is 2. The zero-order valence-corrected chi connectivity index (χ0v) is 15.2. The van der Waals surface area contributed by atoms with Crippen LogP contribution in [0.4, 0.5) is 17.1 Å². The van der Waals surface area contributed by atoms with Crippen molar-refractivity contribution in [2.75, 3.05) is 30.4 Å². The molecular weight excluding hydrogens is 350 g/mol. The van der Waals surface area contributed by atoms with E-state index in [2.05, 4.69) is 5.32 Å². The van der Waals surface area contributed by atoms with Gasteiger partial charge in [-0.05, 0) is 31.2 Å². The smallest absolute Gasteiger partial charge is 0.307 e. The van der Waals surface area contributed by atoms with E-state index in [1.165, 1.54) is 23.1 Å². The predicted molar refractivity (Wildman–Crippen MR) is 102 cm³/mol. The summed E-state index contributed by atoms with van der Waals surface area (Å²) in [6, 6.07) is 13.1. The molecule has 0 bridgehead atoms. The van der Waals surface area contributed by atoms with Gasteiger partial charge in [0.2, 0.25) is 0 Å². The number of anilines is 2. The summed E-state index contributed by atoms with van der Waals surface area (Å²) >= 11 is 0. The first-order chi connectivity index (χ1) is 13.0. The van der Waals surface area contributed by atoms with Crippen LogP contribution in [0.3, 0.4) is 0 Å². The highest BCUT2D eigenvalue weighted by Gasteiger charge is 2.22. The summed E-state index contributed by atoms with van der Waals surface area (Å²) < 4.78 is 4.92. The third-order valence-corrected chi connectivity index (χ3v) is 3.87. The number of nitro benzene ring substituents is 1. The molecule has 0 unspecified atom stereocenters. The van der Waals surface area contributed by atoms with E-state index in [4.69, 9.17) is 4.74 Å². The molecule has 0 aromatic heterocycles. The Morgan fingerprint density at radius 3 is 2.48 bits per heavy atom. The van der Waals surface area contributed by atoms with Gasteiger partial charge in [-0.2, -0.15) is 0 Å². The van der Waals surface area contributed by atoms with Crippen molar-refractivity contribution in [3.63, 3.8) is 0 Å². The van der Waals surface area contributed by atoms with Gasteiger partial charge in [-0.15, -0.1) is 0 Å². The van der Waals surface area contributed by atoms with Gasteiger partial charge in [-0.25, -0.2) is 0 Å². The van der Waals surface area contributed by atoms with E-state index < -0.39 is 16.8 Å². The molecule has 0 radical (unpaired) electrons. The molecule has 0 heterocycles. The second-order valence-corrected chi connectivity index (χ2v) is 5.59. The number of ether oxygens (including phenoxy) is 1. The highest BCUT2D eigenvalue weighted by atomic mass is 16.6. The molecule has 0 saturated carbocycles. The van der Waals surface area contributed by atoms with Gasteiger partial charge in [0.25, 0.3) is 11.6 Å². The molecule has 2 aromatic carbocycles. The zero-order chi connectivity index (χ0) is 19.8. The van der Waals surface area contributed by atoms with Crippen LogP contribution < -0.4 is 10.2 Å². The minimum atomic E-state index is -0.548. The van der Waals surface area contributed by atoms with Crippen LogP contribution in [0.25, 0.3) is 0 Å². The summed E-state index contributed by atoms with van der Waals surface area (Å²) in [5, 5.41) is 14.0. The maximum atomic E-state index is 13.0. The Morgan fingerprint density at radius 1 is 1.19 bits per heavy atom. The van der Waals surface area contributed by atoms with Gasteiger partial charge in [0.05, 0.1) is 18.0 Å². The monoisotopic (exact) mass is 371 g/mol. The topological polar surface area (TPSA) is 102 Å². The number of carbonyl (C=O) groups is 2. The van der Waals surface area contributed by atoms with Crippen LogP contribution in [-0.4, -0.2) is 37.0 Å². The molecule has 0 aliphatic rings. The largest absolute Gasteiger partial charge is 0.466 e. The Labute approximate surface area is 156 Å². The molecule has 2 aromatic rings. The Kier molecular flexibility index (Phi) is 6.87. The molecule has 1 amide bonds. The first kappa shape index (κ1) is 19.9. The summed E-state index contributed by atoms with van der Waals surface area (Å²) in [7, 11) is 1.57. The van der Waals surface area contributed by atoms with Gasteiger partial charge >= 0.3 is 5.97 Å². The summed E-state index contributed by atoms with van der Waals surface area (Å²) in [4.78, 5) is 36.9. The molecule has 0 aliphatic heterocycles. The van der Waals surface area contributed by atoms with Gasteiger partial charge < -0.3 is 15.0 Å². The molecule has 27 heavy (non-hydrogen) atoms. The van der Waals surface area contributed by atoms with Crippen molar-refractivity contribution in [2.45, 2.75) is 13.3 Å². The SMILES string of the molecule is CCOC(=O)CCN(C(=O)c1ccc(NC)c([N+](=O)[O-])c1)c1ccccc1. The van der Waals surface area contributed by atoms with Crippen LogP contribution >= 0.6 is 0 Å².